The molecule has 0 aromatic carbocycles. The minimum atomic E-state index is -3.60. The number of nitrogens with one attached hydrogen (secondary N) is 1. The maximum absolute atomic E-state index is 13.0. The van der Waals surface area contributed by atoms with Crippen LogP contribution < -0.4 is 0 Å². The van der Waals surface area contributed by atoms with Crippen LogP contribution >= 0.6 is 0 Å². The Balaban J connectivity index is 1.14. The van der Waals surface area contributed by atoms with Gasteiger partial charge in [0, 0.05) is 68.8 Å². The van der Waals surface area contributed by atoms with Crippen LogP contribution in [0, 0.1) is 18.3 Å². The maximum atomic E-state index is 13.0. The van der Waals surface area contributed by atoms with E-state index >= 15 is 0 Å². The fourth-order valence-corrected chi connectivity index (χ4v) is 6.99. The summed E-state index contributed by atoms with van der Waals surface area (Å²) in [6.45, 7) is 4.09. The van der Waals surface area contributed by atoms with E-state index in [1.807, 2.05) is 23.1 Å². The van der Waals surface area contributed by atoms with Crippen LogP contribution in [0.2, 0.25) is 0 Å². The summed E-state index contributed by atoms with van der Waals surface area (Å²) >= 11 is 0. The zero-order valence-electron chi connectivity index (χ0n) is 20.7. The van der Waals surface area contributed by atoms with E-state index in [1.165, 1.54) is 10.6 Å². The Bertz CT molecular complexity index is 1580. The van der Waals surface area contributed by atoms with Gasteiger partial charge in [-0.15, -0.1) is 0 Å². The van der Waals surface area contributed by atoms with Gasteiger partial charge in [-0.3, -0.25) is 9.58 Å². The minimum Gasteiger partial charge on any atom is -0.346 e. The number of imidazole rings is 1. The van der Waals surface area contributed by atoms with Gasteiger partial charge in [0.1, 0.15) is 23.3 Å². The first kappa shape index (κ1) is 23.8. The first-order valence-corrected chi connectivity index (χ1v) is 13.7. The molecule has 0 aliphatic carbocycles. The van der Waals surface area contributed by atoms with Crippen LogP contribution in [0.25, 0.3) is 22.3 Å². The molecule has 12 nitrogen and oxygen atoms in total. The van der Waals surface area contributed by atoms with Crippen molar-refractivity contribution >= 4 is 21.1 Å². The van der Waals surface area contributed by atoms with Gasteiger partial charge >= 0.3 is 0 Å². The van der Waals surface area contributed by atoms with E-state index in [4.69, 9.17) is 0 Å². The van der Waals surface area contributed by atoms with Gasteiger partial charge in [0.2, 0.25) is 0 Å². The number of aryl methyl sites for hydroxylation is 2. The number of hydrogen-bond donors (Lipinski definition) is 1. The predicted octanol–water partition coefficient (Wildman–Crippen LogP) is 1.64. The molecule has 192 valence electrons. The van der Waals surface area contributed by atoms with E-state index in [-0.39, 0.29) is 11.1 Å². The minimum absolute atomic E-state index is 0.109. The van der Waals surface area contributed by atoms with Crippen LogP contribution in [0.15, 0.2) is 42.2 Å². The predicted molar refractivity (Wildman–Crippen MR) is 135 cm³/mol. The number of likely N-dealkylation sites (tertiary alicyclic amines) is 1. The molecule has 0 radical (unpaired) electrons. The van der Waals surface area contributed by atoms with E-state index in [0.29, 0.717) is 38.4 Å². The lowest BCUT2D eigenvalue weighted by molar-refractivity contribution is -0.0382. The summed E-state index contributed by atoms with van der Waals surface area (Å²) in [5.41, 5.74) is 2.04. The first-order chi connectivity index (χ1) is 17.8. The van der Waals surface area contributed by atoms with Gasteiger partial charge in [-0.05, 0) is 25.8 Å². The van der Waals surface area contributed by atoms with Gasteiger partial charge in [-0.1, -0.05) is 0 Å². The molecule has 6 rings (SSSR count). The number of aromatic amines is 1. The second-order valence-electron chi connectivity index (χ2n) is 9.97. The average molecular weight is 521 g/mol. The lowest BCUT2D eigenvalue weighted by Crippen LogP contribution is -2.66. The Hall–Kier alpha value is -3.60. The molecule has 4 aromatic rings. The van der Waals surface area contributed by atoms with Crippen LogP contribution in [-0.2, 0) is 22.6 Å². The summed E-state index contributed by atoms with van der Waals surface area (Å²) in [5.74, 6) is 0.668. The molecular formula is C24H28N10O2S. The summed E-state index contributed by atoms with van der Waals surface area (Å²) in [6.07, 6.45) is 10.5. The Kier molecular flexibility index (Phi) is 5.63. The van der Waals surface area contributed by atoms with Crippen molar-refractivity contribution in [2.24, 2.45) is 7.05 Å². The van der Waals surface area contributed by atoms with Crippen molar-refractivity contribution in [3.63, 3.8) is 0 Å². The monoisotopic (exact) mass is 520 g/mol. The largest absolute Gasteiger partial charge is 0.346 e. The molecule has 0 amide bonds. The number of rotatable bonds is 6. The summed E-state index contributed by atoms with van der Waals surface area (Å²) in [7, 11) is -1.80. The van der Waals surface area contributed by atoms with Crippen molar-refractivity contribution in [2.75, 3.05) is 26.2 Å². The van der Waals surface area contributed by atoms with Crippen LogP contribution in [0.1, 0.15) is 25.1 Å². The number of nitrogens with zero attached hydrogens (tertiary/aromatic N) is 9. The lowest BCUT2D eigenvalue weighted by Gasteiger charge is -2.53. The van der Waals surface area contributed by atoms with Gasteiger partial charge in [0.15, 0.2) is 5.03 Å². The normalized spacial score (nSPS) is 19.2. The van der Waals surface area contributed by atoms with Crippen molar-refractivity contribution < 1.29 is 8.42 Å². The number of nitriles is 1. The second kappa shape index (κ2) is 8.76. The van der Waals surface area contributed by atoms with Crippen LogP contribution in [0.3, 0.4) is 0 Å². The number of sulfonamides is 1. The van der Waals surface area contributed by atoms with E-state index < -0.39 is 15.6 Å². The number of aromatic nitrogens is 7. The molecule has 0 spiro atoms. The molecular weight excluding hydrogens is 492 g/mol. The zero-order valence-corrected chi connectivity index (χ0v) is 21.6. The van der Waals surface area contributed by atoms with Crippen molar-refractivity contribution in [1.29, 1.82) is 5.26 Å². The van der Waals surface area contributed by atoms with Gasteiger partial charge in [0.25, 0.3) is 10.0 Å². The summed E-state index contributed by atoms with van der Waals surface area (Å²) in [6, 6.07) is 4.55. The molecule has 0 saturated carbocycles. The maximum Gasteiger partial charge on any atom is 0.262 e. The zero-order chi connectivity index (χ0) is 25.8. The van der Waals surface area contributed by atoms with E-state index in [1.54, 1.807) is 30.9 Å². The molecule has 0 bridgehead atoms. The number of H-pyrrole nitrogens is 1. The summed E-state index contributed by atoms with van der Waals surface area (Å²) in [5, 5.41) is 15.3. The van der Waals surface area contributed by atoms with Gasteiger partial charge in [-0.25, -0.2) is 23.4 Å². The Morgan fingerprint density at radius 2 is 2.00 bits per heavy atom. The van der Waals surface area contributed by atoms with Gasteiger partial charge in [0.05, 0.1) is 24.4 Å². The second-order valence-corrected chi connectivity index (χ2v) is 11.9. The molecule has 37 heavy (non-hydrogen) atoms. The molecule has 0 unspecified atom stereocenters. The van der Waals surface area contributed by atoms with Gasteiger partial charge in [-0.2, -0.15) is 14.7 Å². The molecule has 13 heteroatoms. The Morgan fingerprint density at radius 3 is 2.70 bits per heavy atom. The number of piperidine rings is 1. The highest BCUT2D eigenvalue weighted by Crippen LogP contribution is 2.37. The van der Waals surface area contributed by atoms with E-state index in [9.17, 15) is 13.7 Å². The van der Waals surface area contributed by atoms with Crippen molar-refractivity contribution in [1.82, 2.24) is 43.5 Å². The first-order valence-electron chi connectivity index (χ1n) is 12.3. The Labute approximate surface area is 214 Å². The smallest absolute Gasteiger partial charge is 0.262 e. The van der Waals surface area contributed by atoms with Crippen molar-refractivity contribution in [2.45, 2.75) is 42.8 Å². The standard InChI is InChI=1S/C24H28N10O2S/c1-17-30-21(13-31(17)2)37(35,36)33-9-4-19(5-10-33)32-14-24(15-32,6-7-25)34-12-18(11-29-34)22-20-3-8-26-23(20)28-16-27-22/h3,8,11-13,16,19H,4-6,9-10,14-15H2,1-2H3,(H,26,27,28). The summed E-state index contributed by atoms with van der Waals surface area (Å²) < 4.78 is 31.3. The highest BCUT2D eigenvalue weighted by molar-refractivity contribution is 7.89. The highest BCUT2D eigenvalue weighted by Gasteiger charge is 2.48. The molecule has 2 aliphatic heterocycles. The van der Waals surface area contributed by atoms with Crippen molar-refractivity contribution in [3.8, 4) is 17.3 Å². The van der Waals surface area contributed by atoms with Crippen LogP contribution in [0.5, 0.6) is 0 Å². The van der Waals surface area contributed by atoms with E-state index in [2.05, 4.69) is 36.0 Å². The molecule has 4 aromatic heterocycles. The fourth-order valence-electron chi connectivity index (χ4n) is 5.49. The quantitative estimate of drug-likeness (QED) is 0.404. The fraction of sp³-hybridized carbons (Fsp3) is 0.458. The van der Waals surface area contributed by atoms with Crippen LogP contribution in [0.4, 0.5) is 0 Å². The Morgan fingerprint density at radius 1 is 1.22 bits per heavy atom. The third-order valence-corrected chi connectivity index (χ3v) is 9.50. The molecule has 2 fully saturated rings. The SMILES string of the molecule is Cc1nc(S(=O)(=O)N2CCC(N3CC(CC#N)(n4cc(-c5ncnc6[nH]ccc56)cn4)C3)CC2)cn1C. The number of hydrogen-bond acceptors (Lipinski definition) is 8. The summed E-state index contributed by atoms with van der Waals surface area (Å²) in [4.78, 5) is 18.4. The highest BCUT2D eigenvalue weighted by atomic mass is 32.2. The molecule has 6 heterocycles. The van der Waals surface area contributed by atoms with Gasteiger partial charge < -0.3 is 9.55 Å². The molecule has 1 N–H and O–H groups in total. The topological polar surface area (TPSA) is 142 Å². The molecule has 2 saturated heterocycles. The van der Waals surface area contributed by atoms with E-state index in [0.717, 1.165) is 35.1 Å². The third-order valence-electron chi connectivity index (χ3n) is 7.73. The molecule has 2 aliphatic rings. The molecule has 0 atom stereocenters. The third kappa shape index (κ3) is 3.92. The van der Waals surface area contributed by atoms with Crippen LogP contribution in [-0.4, -0.2) is 84.1 Å². The van der Waals surface area contributed by atoms with Crippen molar-refractivity contribution in [3.05, 3.63) is 43.0 Å². The number of fused-ring (bicyclic) bond motifs is 1. The lowest BCUT2D eigenvalue weighted by atomic mass is 9.84. The average Bonchev–Trinajstić information content (AvgIpc) is 3.62.